The number of anilines is 1. The van der Waals surface area contributed by atoms with Crippen molar-refractivity contribution in [1.29, 1.82) is 0 Å². The fraction of sp³-hybridized carbons (Fsp3) is 0.333. The molecular formula is C12H18N2O3S. The molecule has 1 rings (SSSR count). The van der Waals surface area contributed by atoms with Crippen LogP contribution in [-0.2, 0) is 10.0 Å². The average Bonchev–Trinajstić information content (AvgIpc) is 2.34. The molecule has 0 aromatic heterocycles. The van der Waals surface area contributed by atoms with E-state index in [0.29, 0.717) is 18.7 Å². The maximum absolute atomic E-state index is 12.0. The number of benzene rings is 1. The Morgan fingerprint density at radius 1 is 1.44 bits per heavy atom. The third-order valence-electron chi connectivity index (χ3n) is 2.32. The lowest BCUT2D eigenvalue weighted by molar-refractivity contribution is 0.402. The number of sulfonamides is 1. The largest absolute Gasteiger partial charge is 0.495 e. The van der Waals surface area contributed by atoms with Crippen molar-refractivity contribution in [3.05, 3.63) is 30.4 Å². The van der Waals surface area contributed by atoms with Crippen LogP contribution in [0.3, 0.4) is 0 Å². The van der Waals surface area contributed by atoms with Crippen LogP contribution in [0.1, 0.15) is 13.3 Å². The zero-order valence-corrected chi connectivity index (χ0v) is 11.3. The van der Waals surface area contributed by atoms with Crippen LogP contribution in [-0.4, -0.2) is 22.1 Å². The van der Waals surface area contributed by atoms with Crippen LogP contribution in [0, 0.1) is 0 Å². The highest BCUT2D eigenvalue weighted by molar-refractivity contribution is 7.89. The molecule has 0 amide bonds. The molecule has 5 nitrogen and oxygen atoms in total. The lowest BCUT2D eigenvalue weighted by Crippen LogP contribution is -2.25. The van der Waals surface area contributed by atoms with E-state index < -0.39 is 10.0 Å². The minimum absolute atomic E-state index is 0.0969. The summed E-state index contributed by atoms with van der Waals surface area (Å²) in [5.74, 6) is 0.244. The molecular weight excluding hydrogens is 252 g/mol. The molecule has 0 aliphatic heterocycles. The van der Waals surface area contributed by atoms with Gasteiger partial charge in [-0.05, 0) is 25.5 Å². The smallest absolute Gasteiger partial charge is 0.244 e. The minimum Gasteiger partial charge on any atom is -0.495 e. The molecule has 0 spiro atoms. The molecule has 0 atom stereocenters. The summed E-state index contributed by atoms with van der Waals surface area (Å²) in [5, 5.41) is 0. The topological polar surface area (TPSA) is 81.4 Å². The summed E-state index contributed by atoms with van der Waals surface area (Å²) in [5.41, 5.74) is 6.04. The molecule has 0 bridgehead atoms. The summed E-state index contributed by atoms with van der Waals surface area (Å²) >= 11 is 0. The number of rotatable bonds is 6. The Balaban J connectivity index is 2.91. The molecule has 0 radical (unpaired) electrons. The molecule has 6 heteroatoms. The standard InChI is InChI=1S/C12H18N2O3S/c1-3-4-5-8-14-18(15,16)12-7-6-10(13)9-11(12)17-2/h3-4,6-7,9,14H,5,8,13H2,1-2H3/b4-3+. The summed E-state index contributed by atoms with van der Waals surface area (Å²) in [7, 11) is -2.15. The maximum Gasteiger partial charge on any atom is 0.244 e. The predicted molar refractivity (Wildman–Crippen MR) is 72.0 cm³/mol. The molecule has 0 saturated carbocycles. The van der Waals surface area contributed by atoms with Crippen molar-refractivity contribution in [3.63, 3.8) is 0 Å². The van der Waals surface area contributed by atoms with E-state index in [1.807, 2.05) is 19.1 Å². The maximum atomic E-state index is 12.0. The van der Waals surface area contributed by atoms with Crippen molar-refractivity contribution in [3.8, 4) is 5.75 Å². The molecule has 0 aliphatic carbocycles. The van der Waals surface area contributed by atoms with Crippen LogP contribution in [0.4, 0.5) is 5.69 Å². The molecule has 0 heterocycles. The number of allylic oxidation sites excluding steroid dienone is 1. The highest BCUT2D eigenvalue weighted by Crippen LogP contribution is 2.25. The lowest BCUT2D eigenvalue weighted by atomic mass is 10.3. The van der Waals surface area contributed by atoms with E-state index >= 15 is 0 Å². The first kappa shape index (κ1) is 14.5. The molecule has 3 N–H and O–H groups in total. The molecule has 18 heavy (non-hydrogen) atoms. The zero-order chi connectivity index (χ0) is 13.6. The number of methoxy groups -OCH3 is 1. The molecule has 0 unspecified atom stereocenters. The van der Waals surface area contributed by atoms with Gasteiger partial charge in [-0.15, -0.1) is 0 Å². The van der Waals surface area contributed by atoms with E-state index in [0.717, 1.165) is 0 Å². The molecule has 1 aromatic carbocycles. The molecule has 1 aromatic rings. The van der Waals surface area contributed by atoms with Gasteiger partial charge in [-0.2, -0.15) is 0 Å². The fourth-order valence-electron chi connectivity index (χ4n) is 1.43. The SMILES string of the molecule is C/C=C/CCNS(=O)(=O)c1ccc(N)cc1OC. The summed E-state index contributed by atoms with van der Waals surface area (Å²) < 4.78 is 31.6. The molecule has 0 fully saturated rings. The summed E-state index contributed by atoms with van der Waals surface area (Å²) in [4.78, 5) is 0.0969. The summed E-state index contributed by atoms with van der Waals surface area (Å²) in [6.45, 7) is 2.23. The number of nitrogens with one attached hydrogen (secondary N) is 1. The van der Waals surface area contributed by atoms with E-state index in [4.69, 9.17) is 10.5 Å². The zero-order valence-electron chi connectivity index (χ0n) is 10.5. The van der Waals surface area contributed by atoms with Crippen molar-refractivity contribution >= 4 is 15.7 Å². The van der Waals surface area contributed by atoms with Crippen LogP contribution in [0.25, 0.3) is 0 Å². The van der Waals surface area contributed by atoms with Gasteiger partial charge in [-0.25, -0.2) is 13.1 Å². The Hall–Kier alpha value is -1.53. The summed E-state index contributed by atoms with van der Waals surface area (Å²) in [6.07, 6.45) is 4.41. The second-order valence-electron chi connectivity index (χ2n) is 3.67. The van der Waals surface area contributed by atoms with Crippen LogP contribution in [0.5, 0.6) is 5.75 Å². The lowest BCUT2D eigenvalue weighted by Gasteiger charge is -2.10. The van der Waals surface area contributed by atoms with E-state index in [1.54, 1.807) is 0 Å². The van der Waals surface area contributed by atoms with Gasteiger partial charge in [0.25, 0.3) is 0 Å². The Bertz CT molecular complexity index is 524. The third kappa shape index (κ3) is 3.75. The normalized spacial score (nSPS) is 11.9. The quantitative estimate of drug-likeness (QED) is 0.466. The van der Waals surface area contributed by atoms with Gasteiger partial charge < -0.3 is 10.5 Å². The summed E-state index contributed by atoms with van der Waals surface area (Å²) in [6, 6.07) is 4.45. The highest BCUT2D eigenvalue weighted by Gasteiger charge is 2.18. The number of nitrogens with two attached hydrogens (primary N) is 1. The number of nitrogen functional groups attached to an aromatic ring is 1. The third-order valence-corrected chi connectivity index (χ3v) is 3.82. The fourth-order valence-corrected chi connectivity index (χ4v) is 2.62. The van der Waals surface area contributed by atoms with Gasteiger partial charge in [0.05, 0.1) is 7.11 Å². The Labute approximate surface area is 108 Å². The van der Waals surface area contributed by atoms with Gasteiger partial charge >= 0.3 is 0 Å². The predicted octanol–water partition coefficient (Wildman–Crippen LogP) is 1.52. The van der Waals surface area contributed by atoms with Gasteiger partial charge in [0.15, 0.2) is 0 Å². The first-order chi connectivity index (χ1) is 8.51. The van der Waals surface area contributed by atoms with Gasteiger partial charge in [-0.1, -0.05) is 12.2 Å². The van der Waals surface area contributed by atoms with Crippen molar-refractivity contribution in [2.45, 2.75) is 18.2 Å². The van der Waals surface area contributed by atoms with Crippen molar-refractivity contribution in [1.82, 2.24) is 4.72 Å². The van der Waals surface area contributed by atoms with Crippen LogP contribution < -0.4 is 15.2 Å². The van der Waals surface area contributed by atoms with Crippen molar-refractivity contribution in [2.24, 2.45) is 0 Å². The average molecular weight is 270 g/mol. The first-order valence-electron chi connectivity index (χ1n) is 5.55. The number of ether oxygens (including phenoxy) is 1. The Morgan fingerprint density at radius 3 is 2.78 bits per heavy atom. The van der Waals surface area contributed by atoms with Gasteiger partial charge in [0.2, 0.25) is 10.0 Å². The second-order valence-corrected chi connectivity index (χ2v) is 5.40. The van der Waals surface area contributed by atoms with Crippen molar-refractivity contribution in [2.75, 3.05) is 19.4 Å². The number of hydrogen-bond donors (Lipinski definition) is 2. The van der Waals surface area contributed by atoms with Crippen LogP contribution in [0.2, 0.25) is 0 Å². The Kier molecular flexibility index (Phi) is 5.18. The highest BCUT2D eigenvalue weighted by atomic mass is 32.2. The van der Waals surface area contributed by atoms with Crippen molar-refractivity contribution < 1.29 is 13.2 Å². The van der Waals surface area contributed by atoms with Crippen LogP contribution >= 0.6 is 0 Å². The first-order valence-corrected chi connectivity index (χ1v) is 7.04. The second kappa shape index (κ2) is 6.42. The van der Waals surface area contributed by atoms with E-state index in [1.165, 1.54) is 25.3 Å². The van der Waals surface area contributed by atoms with E-state index in [-0.39, 0.29) is 10.6 Å². The molecule has 0 saturated heterocycles. The molecule has 100 valence electrons. The minimum atomic E-state index is -3.56. The van der Waals surface area contributed by atoms with Gasteiger partial charge in [0.1, 0.15) is 10.6 Å². The van der Waals surface area contributed by atoms with Crippen LogP contribution in [0.15, 0.2) is 35.2 Å². The van der Waals surface area contributed by atoms with E-state index in [2.05, 4.69) is 4.72 Å². The monoisotopic (exact) mass is 270 g/mol. The van der Waals surface area contributed by atoms with E-state index in [9.17, 15) is 8.42 Å². The van der Waals surface area contributed by atoms with Gasteiger partial charge in [0, 0.05) is 18.3 Å². The number of hydrogen-bond acceptors (Lipinski definition) is 4. The van der Waals surface area contributed by atoms with Gasteiger partial charge in [-0.3, -0.25) is 0 Å². The molecule has 0 aliphatic rings. The Morgan fingerprint density at radius 2 is 2.17 bits per heavy atom.